The largest absolute Gasteiger partial charge is 0.494 e. The van der Waals surface area contributed by atoms with Crippen LogP contribution in [0.4, 0.5) is 0 Å². The molecule has 0 spiro atoms. The van der Waals surface area contributed by atoms with Crippen molar-refractivity contribution in [3.63, 3.8) is 0 Å². The molecule has 5 rings (SSSR count). The fraction of sp³-hybridized carbons (Fsp3) is 0.750. The molecule has 2 N–H and O–H groups in total. The molecule has 0 bridgehead atoms. The number of nitriles is 1. The average Bonchev–Trinajstić information content (AvgIpc) is 3.25. The van der Waals surface area contributed by atoms with Crippen LogP contribution in [0.15, 0.2) is 34.6 Å². The van der Waals surface area contributed by atoms with Gasteiger partial charge >= 0.3 is 0 Å². The van der Waals surface area contributed by atoms with E-state index in [1.807, 2.05) is 0 Å². The highest BCUT2D eigenvalue weighted by atomic mass is 32.2. The van der Waals surface area contributed by atoms with Gasteiger partial charge in [-0.2, -0.15) is 5.26 Å². The first kappa shape index (κ1) is 23.5. The number of aliphatic hydroxyl groups is 2. The Balaban J connectivity index is 1.38. The molecular formula is C28H39NO3S. The van der Waals surface area contributed by atoms with Gasteiger partial charge < -0.3 is 14.9 Å². The van der Waals surface area contributed by atoms with Gasteiger partial charge in [0.05, 0.1) is 18.0 Å². The molecule has 180 valence electrons. The molecule has 1 unspecified atom stereocenters. The fourth-order valence-corrected chi connectivity index (χ4v) is 8.80. The van der Waals surface area contributed by atoms with Crippen LogP contribution in [0.1, 0.15) is 72.6 Å². The molecule has 0 aromatic heterocycles. The third-order valence-corrected chi connectivity index (χ3v) is 11.0. The Morgan fingerprint density at radius 3 is 2.79 bits per heavy atom. The second-order valence-electron chi connectivity index (χ2n) is 11.9. The Morgan fingerprint density at radius 2 is 2.03 bits per heavy atom. The van der Waals surface area contributed by atoms with Gasteiger partial charge in [0.2, 0.25) is 0 Å². The molecule has 0 amide bonds. The molecule has 0 saturated heterocycles. The van der Waals surface area contributed by atoms with E-state index in [9.17, 15) is 10.2 Å². The van der Waals surface area contributed by atoms with Crippen molar-refractivity contribution in [2.75, 3.05) is 5.75 Å². The number of aliphatic hydroxyl groups excluding tert-OH is 2. The third-order valence-electron chi connectivity index (χ3n) is 10.2. The van der Waals surface area contributed by atoms with E-state index in [1.54, 1.807) is 0 Å². The lowest BCUT2D eigenvalue weighted by Gasteiger charge is -2.56. The minimum Gasteiger partial charge on any atom is -0.494 e. The third kappa shape index (κ3) is 3.55. The van der Waals surface area contributed by atoms with Gasteiger partial charge in [0.1, 0.15) is 11.5 Å². The van der Waals surface area contributed by atoms with Crippen LogP contribution in [0, 0.1) is 45.2 Å². The molecule has 33 heavy (non-hydrogen) atoms. The topological polar surface area (TPSA) is 73.5 Å². The smallest absolute Gasteiger partial charge is 0.133 e. The van der Waals surface area contributed by atoms with Crippen molar-refractivity contribution in [3.8, 4) is 5.40 Å². The molecule has 1 aliphatic heterocycles. The molecule has 0 aromatic carbocycles. The van der Waals surface area contributed by atoms with E-state index in [1.165, 1.54) is 40.7 Å². The molecule has 4 nitrogen and oxygen atoms in total. The van der Waals surface area contributed by atoms with Gasteiger partial charge in [-0.15, -0.1) is 0 Å². The van der Waals surface area contributed by atoms with Crippen molar-refractivity contribution in [3.05, 3.63) is 34.6 Å². The second-order valence-corrected chi connectivity index (χ2v) is 12.7. The van der Waals surface area contributed by atoms with Gasteiger partial charge in [-0.3, -0.25) is 0 Å². The summed E-state index contributed by atoms with van der Waals surface area (Å²) in [6.45, 7) is 9.27. The lowest BCUT2D eigenvalue weighted by molar-refractivity contribution is -0.0519. The Hall–Kier alpha value is -1.22. The summed E-state index contributed by atoms with van der Waals surface area (Å²) in [6, 6.07) is 0. The summed E-state index contributed by atoms with van der Waals surface area (Å²) in [5.74, 6) is 3.99. The summed E-state index contributed by atoms with van der Waals surface area (Å²) in [4.78, 5) is 0. The predicted molar refractivity (Wildman–Crippen MR) is 132 cm³/mol. The lowest BCUT2D eigenvalue weighted by atomic mass is 9.49. The highest BCUT2D eigenvalue weighted by Gasteiger charge is 2.63. The molecular weight excluding hydrogens is 430 g/mol. The molecule has 3 saturated carbocycles. The monoisotopic (exact) mass is 469 g/mol. The summed E-state index contributed by atoms with van der Waals surface area (Å²) in [5, 5.41) is 32.3. The summed E-state index contributed by atoms with van der Waals surface area (Å²) in [7, 11) is 0. The van der Waals surface area contributed by atoms with Crippen LogP contribution in [0.25, 0.3) is 0 Å². The zero-order valence-corrected chi connectivity index (χ0v) is 21.3. The van der Waals surface area contributed by atoms with Crippen LogP contribution in [-0.2, 0) is 4.74 Å². The van der Waals surface area contributed by atoms with Crippen LogP contribution in [0.3, 0.4) is 0 Å². The number of hydrogen-bond donors (Lipinski definition) is 2. The molecule has 0 radical (unpaired) electrons. The molecule has 0 aromatic rings. The zero-order chi connectivity index (χ0) is 23.5. The van der Waals surface area contributed by atoms with Crippen molar-refractivity contribution < 1.29 is 14.9 Å². The summed E-state index contributed by atoms with van der Waals surface area (Å²) < 4.78 is 6.64. The first-order chi connectivity index (χ1) is 15.7. The van der Waals surface area contributed by atoms with E-state index in [2.05, 4.69) is 45.2 Å². The van der Waals surface area contributed by atoms with E-state index in [0.29, 0.717) is 36.5 Å². The van der Waals surface area contributed by atoms with Gasteiger partial charge in [-0.25, -0.2) is 0 Å². The van der Waals surface area contributed by atoms with Crippen molar-refractivity contribution >= 4 is 11.8 Å². The average molecular weight is 470 g/mol. The molecule has 1 heterocycles. The van der Waals surface area contributed by atoms with Crippen LogP contribution in [0.5, 0.6) is 0 Å². The maximum Gasteiger partial charge on any atom is 0.133 e. The Morgan fingerprint density at radius 1 is 1.24 bits per heavy atom. The minimum absolute atomic E-state index is 0.210. The van der Waals surface area contributed by atoms with E-state index in [0.717, 1.165) is 31.4 Å². The van der Waals surface area contributed by atoms with E-state index >= 15 is 0 Å². The fourth-order valence-electron chi connectivity index (χ4n) is 8.28. The Labute approximate surface area is 203 Å². The van der Waals surface area contributed by atoms with Crippen LogP contribution in [-0.4, -0.2) is 34.3 Å². The summed E-state index contributed by atoms with van der Waals surface area (Å²) >= 11 is 1.35. The maximum absolute atomic E-state index is 11.1. The first-order valence-electron chi connectivity index (χ1n) is 12.8. The number of ether oxygens (including phenoxy) is 1. The molecule has 9 atom stereocenters. The quantitative estimate of drug-likeness (QED) is 0.503. The van der Waals surface area contributed by atoms with E-state index < -0.39 is 12.2 Å². The number of rotatable bonds is 5. The van der Waals surface area contributed by atoms with Crippen molar-refractivity contribution in [2.24, 2.45) is 34.5 Å². The van der Waals surface area contributed by atoms with E-state index in [-0.39, 0.29) is 16.9 Å². The highest BCUT2D eigenvalue weighted by molar-refractivity contribution is 8.03. The van der Waals surface area contributed by atoms with Crippen LogP contribution >= 0.6 is 11.8 Å². The standard InChI is InChI=1S/C28H39NO3S/c1-16(14-33-15-29)5-8-23-17(2)26-24(32-23)13-22-20-7-6-18-11-19(30)12-25(31)28(18,4)21(20)9-10-27(22,26)3/h6-7,16,19,21-22,24-26,30-31H,5,8-14H2,1-4H3/t16?,19-,21+,22+,24+,25+,26+,27+,28+/m1/s1. The predicted octanol–water partition coefficient (Wildman–Crippen LogP) is 5.73. The molecule has 5 heteroatoms. The highest BCUT2D eigenvalue weighted by Crippen LogP contribution is 2.67. The summed E-state index contributed by atoms with van der Waals surface area (Å²) in [6.07, 6.45) is 10.5. The molecule has 3 fully saturated rings. The minimum atomic E-state index is -0.475. The Kier molecular flexibility index (Phi) is 6.03. The van der Waals surface area contributed by atoms with Gasteiger partial charge in [0.25, 0.3) is 0 Å². The van der Waals surface area contributed by atoms with Gasteiger partial charge in [-0.1, -0.05) is 44.1 Å². The van der Waals surface area contributed by atoms with Gasteiger partial charge in [0, 0.05) is 29.9 Å². The number of thiocyanates is 1. The Bertz CT molecular complexity index is 947. The van der Waals surface area contributed by atoms with Gasteiger partial charge in [-0.05, 0) is 79.5 Å². The number of allylic oxidation sites excluding steroid dienone is 4. The number of fused-ring (bicyclic) bond motifs is 7. The number of hydrogen-bond acceptors (Lipinski definition) is 5. The molecule has 4 aliphatic carbocycles. The normalized spacial score (nSPS) is 44.5. The van der Waals surface area contributed by atoms with Crippen LogP contribution in [0.2, 0.25) is 0 Å². The van der Waals surface area contributed by atoms with Crippen molar-refractivity contribution in [1.29, 1.82) is 5.26 Å². The SMILES string of the molecule is CC1=C(CCC(C)CSC#N)O[C@H]2C[C@H]3C4=CC=C5C[C@@H](O)C[C@H](O)[C@]5(C)[C@H]4CC[C@]3(C)[C@@H]12. The maximum atomic E-state index is 11.1. The van der Waals surface area contributed by atoms with Gasteiger partial charge in [0.15, 0.2) is 0 Å². The molecule has 5 aliphatic rings. The zero-order valence-electron chi connectivity index (χ0n) is 20.5. The second kappa shape index (κ2) is 8.47. The summed E-state index contributed by atoms with van der Waals surface area (Å²) in [5.41, 5.74) is 4.20. The first-order valence-corrected chi connectivity index (χ1v) is 13.8. The van der Waals surface area contributed by atoms with Crippen molar-refractivity contribution in [1.82, 2.24) is 0 Å². The van der Waals surface area contributed by atoms with Crippen LogP contribution < -0.4 is 0 Å². The number of thioether (sulfide) groups is 1. The van der Waals surface area contributed by atoms with E-state index in [4.69, 9.17) is 10.00 Å². The van der Waals surface area contributed by atoms with Crippen molar-refractivity contribution in [2.45, 2.75) is 91.0 Å². The number of nitrogens with zero attached hydrogens (tertiary/aromatic N) is 1. The lowest BCUT2D eigenvalue weighted by Crippen LogP contribution is -2.52.